The van der Waals surface area contributed by atoms with Gasteiger partial charge in [0.05, 0.1) is 17.6 Å². The Morgan fingerprint density at radius 3 is 2.74 bits per heavy atom. The first kappa shape index (κ1) is 15.2. The van der Waals surface area contributed by atoms with E-state index in [0.717, 1.165) is 0 Å². The molecular formula is C13H15ClN2O3. The summed E-state index contributed by atoms with van der Waals surface area (Å²) in [7, 11) is 0. The number of Topliss-reactive ketones (excluding diaryl/α,β-unsaturated/α-hetero) is 1. The third-order valence-electron chi connectivity index (χ3n) is 2.60. The zero-order valence-corrected chi connectivity index (χ0v) is 11.4. The molecule has 1 amide bonds. The lowest BCUT2D eigenvalue weighted by Crippen LogP contribution is -2.50. The van der Waals surface area contributed by atoms with Crippen LogP contribution in [0.25, 0.3) is 0 Å². The third kappa shape index (κ3) is 4.06. The van der Waals surface area contributed by atoms with Crippen molar-refractivity contribution >= 4 is 29.5 Å². The zero-order chi connectivity index (χ0) is 14.5. The summed E-state index contributed by atoms with van der Waals surface area (Å²) in [5, 5.41) is 14.0. The summed E-state index contributed by atoms with van der Waals surface area (Å²) in [6.45, 7) is 3.18. The van der Waals surface area contributed by atoms with Gasteiger partial charge in [-0.25, -0.2) is 0 Å². The number of oxime groups is 1. The number of nitrogens with one attached hydrogen (secondary N) is 1. The fraction of sp³-hybridized carbons (Fsp3) is 0.308. The molecule has 2 N–H and O–H groups in total. The Hall–Kier alpha value is -1.88. The Kier molecular flexibility index (Phi) is 5.06. The van der Waals surface area contributed by atoms with Crippen LogP contribution in [0.3, 0.4) is 0 Å². The molecule has 102 valence electrons. The Balaban J connectivity index is 2.89. The van der Waals surface area contributed by atoms with E-state index in [1.807, 2.05) is 0 Å². The van der Waals surface area contributed by atoms with Crippen LogP contribution in [0, 0.1) is 0 Å². The molecule has 0 aliphatic rings. The van der Waals surface area contributed by atoms with E-state index in [0.29, 0.717) is 11.1 Å². The first-order valence-electron chi connectivity index (χ1n) is 5.60. The number of hydrogen-bond donors (Lipinski definition) is 2. The van der Waals surface area contributed by atoms with Crippen molar-refractivity contribution in [1.29, 1.82) is 0 Å². The molecule has 5 nitrogen and oxygen atoms in total. The molecule has 0 spiro atoms. The van der Waals surface area contributed by atoms with E-state index in [1.165, 1.54) is 6.21 Å². The molecule has 1 aromatic carbocycles. The van der Waals surface area contributed by atoms with Gasteiger partial charge in [-0.2, -0.15) is 0 Å². The summed E-state index contributed by atoms with van der Waals surface area (Å²) in [4.78, 5) is 23.6. The van der Waals surface area contributed by atoms with Crippen molar-refractivity contribution in [1.82, 2.24) is 5.32 Å². The average Bonchev–Trinajstić information content (AvgIpc) is 2.38. The molecule has 0 radical (unpaired) electrons. The SMILES string of the molecule is CC(C)(NC(=O)c1cccc(C=NO)c1)C(=O)CCl. The highest BCUT2D eigenvalue weighted by molar-refractivity contribution is 6.29. The lowest BCUT2D eigenvalue weighted by atomic mass is 9.99. The van der Waals surface area contributed by atoms with Crippen LogP contribution in [-0.4, -0.2) is 34.5 Å². The number of amides is 1. The molecule has 1 rings (SSSR count). The number of carbonyl (C=O) groups excluding carboxylic acids is 2. The van der Waals surface area contributed by atoms with Gasteiger partial charge in [0, 0.05) is 5.56 Å². The summed E-state index contributed by atoms with van der Waals surface area (Å²) in [5.74, 6) is -0.822. The van der Waals surface area contributed by atoms with Crippen LogP contribution < -0.4 is 5.32 Å². The van der Waals surface area contributed by atoms with Gasteiger partial charge in [0.1, 0.15) is 0 Å². The molecule has 0 aliphatic heterocycles. The molecule has 0 aliphatic carbocycles. The maximum atomic E-state index is 12.0. The highest BCUT2D eigenvalue weighted by Crippen LogP contribution is 2.09. The molecule has 0 saturated heterocycles. The van der Waals surface area contributed by atoms with E-state index in [1.54, 1.807) is 38.1 Å². The Morgan fingerprint density at radius 1 is 1.47 bits per heavy atom. The standard InChI is InChI=1S/C13H15ClN2O3/c1-13(2,11(17)7-14)16-12(18)10-5-3-4-9(6-10)8-15-19/h3-6,8,19H,7H2,1-2H3,(H,16,18). The molecular weight excluding hydrogens is 268 g/mol. The highest BCUT2D eigenvalue weighted by Gasteiger charge is 2.28. The number of alkyl halides is 1. The van der Waals surface area contributed by atoms with E-state index in [2.05, 4.69) is 10.5 Å². The third-order valence-corrected chi connectivity index (χ3v) is 2.84. The molecule has 0 unspecified atom stereocenters. The van der Waals surface area contributed by atoms with Crippen LogP contribution in [-0.2, 0) is 4.79 Å². The van der Waals surface area contributed by atoms with Gasteiger partial charge < -0.3 is 10.5 Å². The number of ketones is 1. The second-order valence-corrected chi connectivity index (χ2v) is 4.77. The number of benzene rings is 1. The van der Waals surface area contributed by atoms with Crippen molar-refractivity contribution in [2.24, 2.45) is 5.16 Å². The summed E-state index contributed by atoms with van der Waals surface area (Å²) in [6.07, 6.45) is 1.21. The number of rotatable bonds is 5. The maximum Gasteiger partial charge on any atom is 0.252 e. The normalized spacial score (nSPS) is 11.5. The summed E-state index contributed by atoms with van der Waals surface area (Å²) in [6, 6.07) is 6.50. The van der Waals surface area contributed by atoms with Gasteiger partial charge in [-0.1, -0.05) is 17.3 Å². The molecule has 19 heavy (non-hydrogen) atoms. The lowest BCUT2D eigenvalue weighted by Gasteiger charge is -2.23. The quantitative estimate of drug-likeness (QED) is 0.374. The van der Waals surface area contributed by atoms with Crippen molar-refractivity contribution < 1.29 is 14.8 Å². The lowest BCUT2D eigenvalue weighted by molar-refractivity contribution is -0.121. The number of halogens is 1. The number of nitrogens with zero attached hydrogens (tertiary/aromatic N) is 1. The fourth-order valence-corrected chi connectivity index (χ4v) is 1.75. The minimum Gasteiger partial charge on any atom is -0.411 e. The van der Waals surface area contributed by atoms with Crippen LogP contribution >= 0.6 is 11.6 Å². The van der Waals surface area contributed by atoms with Gasteiger partial charge >= 0.3 is 0 Å². The van der Waals surface area contributed by atoms with Gasteiger partial charge in [0.15, 0.2) is 5.78 Å². The predicted octanol–water partition coefficient (Wildman–Crippen LogP) is 1.81. The molecule has 0 saturated carbocycles. The average molecular weight is 283 g/mol. The van der Waals surface area contributed by atoms with E-state index in [9.17, 15) is 9.59 Å². The molecule has 0 fully saturated rings. The van der Waals surface area contributed by atoms with E-state index in [-0.39, 0.29) is 11.7 Å². The minimum absolute atomic E-state index is 0.162. The molecule has 0 bridgehead atoms. The van der Waals surface area contributed by atoms with E-state index >= 15 is 0 Å². The zero-order valence-electron chi connectivity index (χ0n) is 10.7. The van der Waals surface area contributed by atoms with Gasteiger partial charge in [0.2, 0.25) is 0 Å². The molecule has 1 aromatic rings. The first-order valence-corrected chi connectivity index (χ1v) is 6.13. The number of carbonyl (C=O) groups is 2. The summed E-state index contributed by atoms with van der Waals surface area (Å²) in [5.41, 5.74) is -0.0793. The Morgan fingerprint density at radius 2 is 2.16 bits per heavy atom. The number of hydrogen-bond acceptors (Lipinski definition) is 4. The smallest absolute Gasteiger partial charge is 0.252 e. The minimum atomic E-state index is -1.03. The molecule has 0 heterocycles. The summed E-state index contributed by atoms with van der Waals surface area (Å²) < 4.78 is 0. The summed E-state index contributed by atoms with van der Waals surface area (Å²) >= 11 is 5.49. The molecule has 0 atom stereocenters. The second-order valence-electron chi connectivity index (χ2n) is 4.51. The van der Waals surface area contributed by atoms with Gasteiger partial charge in [-0.3, -0.25) is 9.59 Å². The van der Waals surface area contributed by atoms with Crippen molar-refractivity contribution in [3.63, 3.8) is 0 Å². The molecule has 6 heteroatoms. The van der Waals surface area contributed by atoms with Gasteiger partial charge in [-0.05, 0) is 31.5 Å². The van der Waals surface area contributed by atoms with Gasteiger partial charge in [0.25, 0.3) is 5.91 Å². The first-order chi connectivity index (χ1) is 8.90. The Labute approximate surface area is 116 Å². The Bertz CT molecular complexity index is 512. The van der Waals surface area contributed by atoms with Crippen molar-refractivity contribution in [3.8, 4) is 0 Å². The van der Waals surface area contributed by atoms with Crippen molar-refractivity contribution in [2.45, 2.75) is 19.4 Å². The highest BCUT2D eigenvalue weighted by atomic mass is 35.5. The van der Waals surface area contributed by atoms with Crippen LogP contribution in [0.2, 0.25) is 0 Å². The topological polar surface area (TPSA) is 78.8 Å². The fourth-order valence-electron chi connectivity index (χ4n) is 1.42. The van der Waals surface area contributed by atoms with Crippen LogP contribution in [0.1, 0.15) is 29.8 Å². The van der Waals surface area contributed by atoms with Crippen LogP contribution in [0.15, 0.2) is 29.4 Å². The predicted molar refractivity (Wildman–Crippen MR) is 73.1 cm³/mol. The molecule has 0 aromatic heterocycles. The second kappa shape index (κ2) is 6.33. The van der Waals surface area contributed by atoms with Crippen LogP contribution in [0.5, 0.6) is 0 Å². The largest absolute Gasteiger partial charge is 0.411 e. The van der Waals surface area contributed by atoms with Crippen molar-refractivity contribution in [2.75, 3.05) is 5.88 Å². The van der Waals surface area contributed by atoms with Crippen molar-refractivity contribution in [3.05, 3.63) is 35.4 Å². The van der Waals surface area contributed by atoms with Gasteiger partial charge in [-0.15, -0.1) is 11.6 Å². The van der Waals surface area contributed by atoms with Crippen LogP contribution in [0.4, 0.5) is 0 Å². The monoisotopic (exact) mass is 282 g/mol. The maximum absolute atomic E-state index is 12.0. The van der Waals surface area contributed by atoms with E-state index in [4.69, 9.17) is 16.8 Å². The van der Waals surface area contributed by atoms with E-state index < -0.39 is 11.4 Å².